The van der Waals surface area contributed by atoms with Gasteiger partial charge in [0.25, 0.3) is 0 Å². The fourth-order valence-corrected chi connectivity index (χ4v) is 2.79. The first-order chi connectivity index (χ1) is 9.49. The van der Waals surface area contributed by atoms with E-state index < -0.39 is 0 Å². The number of ether oxygens (including phenoxy) is 2. The number of fused-ring (bicyclic) bond motifs is 1. The van der Waals surface area contributed by atoms with Gasteiger partial charge in [-0.3, -0.25) is 9.59 Å². The Bertz CT molecular complexity index is 607. The second-order valence-electron chi connectivity index (χ2n) is 4.44. The number of likely N-dealkylation sites (N-methyl/N-ethyl adjacent to an activating group) is 1. The molecule has 0 spiro atoms. The minimum Gasteiger partial charge on any atom is -0.467 e. The number of allylic oxidation sites excluding steroid dienone is 2. The third-order valence-corrected chi connectivity index (χ3v) is 3.64. The van der Waals surface area contributed by atoms with Crippen LogP contribution < -0.4 is 4.74 Å². The number of ketones is 2. The van der Waals surface area contributed by atoms with Gasteiger partial charge in [0.15, 0.2) is 6.79 Å². The molecular weight excluding hydrogens is 326 g/mol. The molecule has 1 aromatic rings. The van der Waals surface area contributed by atoms with Crippen molar-refractivity contribution in [1.29, 1.82) is 0 Å². The van der Waals surface area contributed by atoms with Gasteiger partial charge in [-0.2, -0.15) is 0 Å². The predicted molar refractivity (Wildman–Crippen MR) is 77.2 cm³/mol. The van der Waals surface area contributed by atoms with Crippen molar-refractivity contribution in [3.05, 3.63) is 39.5 Å². The molecule has 0 heterocycles. The van der Waals surface area contributed by atoms with Gasteiger partial charge >= 0.3 is 0 Å². The lowest BCUT2D eigenvalue weighted by Gasteiger charge is -2.24. The van der Waals surface area contributed by atoms with Crippen LogP contribution in [0.15, 0.2) is 28.4 Å². The smallest absolute Gasteiger partial charge is 0.214 e. The van der Waals surface area contributed by atoms with Gasteiger partial charge < -0.3 is 14.4 Å². The molecule has 0 atom stereocenters. The summed E-state index contributed by atoms with van der Waals surface area (Å²) >= 11 is 3.21. The molecule has 0 saturated carbocycles. The Morgan fingerprint density at radius 3 is 2.50 bits per heavy atom. The van der Waals surface area contributed by atoms with Gasteiger partial charge in [0, 0.05) is 26.8 Å². The minimum absolute atomic E-state index is 0.0140. The quantitative estimate of drug-likeness (QED) is 0.787. The van der Waals surface area contributed by atoms with Crippen LogP contribution in [0.4, 0.5) is 0 Å². The Kier molecular flexibility index (Phi) is 4.25. The van der Waals surface area contributed by atoms with E-state index in [1.54, 1.807) is 37.2 Å². The van der Waals surface area contributed by atoms with Crippen LogP contribution in [0.3, 0.4) is 0 Å². The molecule has 0 bridgehead atoms. The number of benzene rings is 1. The standard InChI is InChI=1S/C14H14BrNO4/c1-16(2)12-11(15)13(17)8-5-4-6-9(20-7-19-3)10(8)14(12)18/h4-6H,7H2,1-3H3. The average molecular weight is 340 g/mol. The largest absolute Gasteiger partial charge is 0.467 e. The first-order valence-corrected chi connectivity index (χ1v) is 6.69. The van der Waals surface area contributed by atoms with Crippen LogP contribution in [-0.4, -0.2) is 44.5 Å². The number of carbonyl (C=O) groups is 2. The van der Waals surface area contributed by atoms with Gasteiger partial charge in [0.05, 0.1) is 10.0 Å². The van der Waals surface area contributed by atoms with Gasteiger partial charge in [-0.05, 0) is 28.1 Å². The van der Waals surface area contributed by atoms with Gasteiger partial charge in [0.2, 0.25) is 11.6 Å². The molecule has 5 nitrogen and oxygen atoms in total. The molecule has 0 aromatic heterocycles. The van der Waals surface area contributed by atoms with Crippen molar-refractivity contribution in [1.82, 2.24) is 4.90 Å². The summed E-state index contributed by atoms with van der Waals surface area (Å²) in [5, 5.41) is 0. The first kappa shape index (κ1) is 14.7. The van der Waals surface area contributed by atoms with E-state index in [0.717, 1.165) is 0 Å². The Hall–Kier alpha value is -1.66. The van der Waals surface area contributed by atoms with Crippen molar-refractivity contribution in [3.8, 4) is 5.75 Å². The molecule has 0 saturated heterocycles. The third kappa shape index (κ3) is 2.36. The summed E-state index contributed by atoms with van der Waals surface area (Å²) in [6, 6.07) is 4.94. The van der Waals surface area contributed by atoms with Crippen LogP contribution >= 0.6 is 15.9 Å². The number of hydrogen-bond donors (Lipinski definition) is 0. The maximum atomic E-state index is 12.6. The lowest BCUT2D eigenvalue weighted by molar-refractivity contribution is 0.0501. The molecule has 2 rings (SSSR count). The van der Waals surface area contributed by atoms with Crippen molar-refractivity contribution in [2.45, 2.75) is 0 Å². The first-order valence-electron chi connectivity index (χ1n) is 5.90. The SMILES string of the molecule is COCOc1cccc2c1C(=O)C(N(C)C)=C(Br)C2=O. The number of methoxy groups -OCH3 is 1. The molecule has 0 N–H and O–H groups in total. The molecule has 6 heteroatoms. The van der Waals surface area contributed by atoms with E-state index in [-0.39, 0.29) is 28.4 Å². The summed E-state index contributed by atoms with van der Waals surface area (Å²) in [5.41, 5.74) is 0.929. The number of hydrogen-bond acceptors (Lipinski definition) is 5. The average Bonchev–Trinajstić information content (AvgIpc) is 2.42. The van der Waals surface area contributed by atoms with Crippen LogP contribution in [0.1, 0.15) is 20.7 Å². The second kappa shape index (κ2) is 5.76. The topological polar surface area (TPSA) is 55.8 Å². The minimum atomic E-state index is -0.247. The Labute approximate surface area is 125 Å². The van der Waals surface area contributed by atoms with E-state index in [1.165, 1.54) is 7.11 Å². The highest BCUT2D eigenvalue weighted by Gasteiger charge is 2.34. The van der Waals surface area contributed by atoms with E-state index in [9.17, 15) is 9.59 Å². The Balaban J connectivity index is 2.59. The Morgan fingerprint density at radius 2 is 1.90 bits per heavy atom. The monoisotopic (exact) mass is 339 g/mol. The molecule has 20 heavy (non-hydrogen) atoms. The van der Waals surface area contributed by atoms with E-state index in [4.69, 9.17) is 9.47 Å². The van der Waals surface area contributed by atoms with Crippen LogP contribution in [0, 0.1) is 0 Å². The summed E-state index contributed by atoms with van der Waals surface area (Å²) < 4.78 is 10.5. The molecule has 0 radical (unpaired) electrons. The highest BCUT2D eigenvalue weighted by atomic mass is 79.9. The van der Waals surface area contributed by atoms with Crippen molar-refractivity contribution in [3.63, 3.8) is 0 Å². The van der Waals surface area contributed by atoms with Crippen LogP contribution in [0.2, 0.25) is 0 Å². The van der Waals surface area contributed by atoms with E-state index in [0.29, 0.717) is 17.0 Å². The molecule has 1 aliphatic carbocycles. The van der Waals surface area contributed by atoms with Gasteiger partial charge in [-0.15, -0.1) is 0 Å². The number of rotatable bonds is 4. The summed E-state index contributed by atoms with van der Waals surface area (Å²) in [7, 11) is 4.92. The number of carbonyl (C=O) groups excluding carboxylic acids is 2. The zero-order valence-corrected chi connectivity index (χ0v) is 13.0. The summed E-state index contributed by atoms with van der Waals surface area (Å²) in [4.78, 5) is 26.5. The molecular formula is C14H14BrNO4. The zero-order chi connectivity index (χ0) is 14.9. The fraction of sp³-hybridized carbons (Fsp3) is 0.286. The third-order valence-electron chi connectivity index (χ3n) is 2.90. The lowest BCUT2D eigenvalue weighted by atomic mass is 9.91. The van der Waals surface area contributed by atoms with E-state index in [2.05, 4.69) is 15.9 Å². The van der Waals surface area contributed by atoms with E-state index >= 15 is 0 Å². The fourth-order valence-electron chi connectivity index (χ4n) is 2.04. The van der Waals surface area contributed by atoms with Crippen molar-refractivity contribution >= 4 is 27.5 Å². The maximum Gasteiger partial charge on any atom is 0.214 e. The Morgan fingerprint density at radius 1 is 1.20 bits per heavy atom. The molecule has 1 aliphatic rings. The van der Waals surface area contributed by atoms with Crippen LogP contribution in [0.25, 0.3) is 0 Å². The van der Waals surface area contributed by atoms with E-state index in [1.807, 2.05) is 0 Å². The molecule has 1 aromatic carbocycles. The van der Waals surface area contributed by atoms with Crippen molar-refractivity contribution < 1.29 is 19.1 Å². The van der Waals surface area contributed by atoms with Crippen molar-refractivity contribution in [2.24, 2.45) is 0 Å². The number of nitrogens with zero attached hydrogens (tertiary/aromatic N) is 1. The summed E-state index contributed by atoms with van der Waals surface area (Å²) in [5.74, 6) is -0.128. The molecule has 106 valence electrons. The molecule has 0 unspecified atom stereocenters. The lowest BCUT2D eigenvalue weighted by Crippen LogP contribution is -2.28. The van der Waals surface area contributed by atoms with Crippen LogP contribution in [-0.2, 0) is 4.74 Å². The molecule has 0 amide bonds. The highest BCUT2D eigenvalue weighted by Crippen LogP contribution is 2.35. The van der Waals surface area contributed by atoms with Gasteiger partial charge in [0.1, 0.15) is 11.4 Å². The van der Waals surface area contributed by atoms with Crippen LogP contribution in [0.5, 0.6) is 5.75 Å². The molecule has 0 fully saturated rings. The number of halogens is 1. The van der Waals surface area contributed by atoms with Crippen molar-refractivity contribution in [2.75, 3.05) is 28.0 Å². The zero-order valence-electron chi connectivity index (χ0n) is 11.4. The second-order valence-corrected chi connectivity index (χ2v) is 5.24. The molecule has 0 aliphatic heterocycles. The predicted octanol–water partition coefficient (Wildman–Crippen LogP) is 2.22. The van der Waals surface area contributed by atoms with Gasteiger partial charge in [-0.25, -0.2) is 0 Å². The summed E-state index contributed by atoms with van der Waals surface area (Å²) in [6.45, 7) is 0.0140. The number of Topliss-reactive ketones (excluding diaryl/α,β-unsaturated/α-hetero) is 2. The highest BCUT2D eigenvalue weighted by molar-refractivity contribution is 9.12. The van der Waals surface area contributed by atoms with Gasteiger partial charge in [-0.1, -0.05) is 6.07 Å². The maximum absolute atomic E-state index is 12.6. The normalized spacial score (nSPS) is 14.4. The summed E-state index contributed by atoms with van der Waals surface area (Å²) in [6.07, 6.45) is 0.